The second-order valence-electron chi connectivity index (χ2n) is 4.49. The van der Waals surface area contributed by atoms with Gasteiger partial charge in [-0.3, -0.25) is 0 Å². The van der Waals surface area contributed by atoms with Crippen molar-refractivity contribution < 1.29 is 0 Å². The lowest BCUT2D eigenvalue weighted by Crippen LogP contribution is -2.21. The molecule has 13 heavy (non-hydrogen) atoms. The Morgan fingerprint density at radius 3 is 2.08 bits per heavy atom. The highest BCUT2D eigenvalue weighted by molar-refractivity contribution is 6.83. The first-order valence-electron chi connectivity index (χ1n) is 4.74. The molecule has 0 amide bonds. The van der Waals surface area contributed by atoms with Crippen LogP contribution in [-0.4, -0.2) is 8.07 Å². The van der Waals surface area contributed by atoms with Crippen molar-refractivity contribution in [2.45, 2.75) is 26.6 Å². The zero-order valence-electron chi connectivity index (χ0n) is 8.96. The van der Waals surface area contributed by atoms with Crippen molar-refractivity contribution >= 4 is 14.1 Å². The average molecular weight is 190 g/mol. The quantitative estimate of drug-likeness (QED) is 0.619. The van der Waals surface area contributed by atoms with Crippen LogP contribution in [0.4, 0.5) is 0 Å². The van der Waals surface area contributed by atoms with E-state index in [2.05, 4.69) is 63.0 Å². The Kier molecular flexibility index (Phi) is 3.10. The maximum Gasteiger partial charge on any atom is 0.0720 e. The maximum atomic E-state index is 2.38. The van der Waals surface area contributed by atoms with Gasteiger partial charge in [0.05, 0.1) is 8.07 Å². The van der Waals surface area contributed by atoms with Gasteiger partial charge in [0.1, 0.15) is 0 Å². The van der Waals surface area contributed by atoms with Crippen molar-refractivity contribution in [1.29, 1.82) is 0 Å². The van der Waals surface area contributed by atoms with Crippen LogP contribution in [0.15, 0.2) is 35.5 Å². The van der Waals surface area contributed by atoms with Crippen LogP contribution in [0.3, 0.4) is 0 Å². The molecular weight excluding hydrogens is 172 g/mol. The summed E-state index contributed by atoms with van der Waals surface area (Å²) in [4.78, 5) is 0. The zero-order valence-corrected chi connectivity index (χ0v) is 9.96. The van der Waals surface area contributed by atoms with E-state index >= 15 is 0 Å². The number of rotatable bonds is 2. The van der Waals surface area contributed by atoms with Crippen molar-refractivity contribution in [2.24, 2.45) is 0 Å². The Hall–Kier alpha value is -0.823. The normalized spacial score (nSPS) is 13.1. The molecule has 0 bridgehead atoms. The molecule has 0 N–H and O–H groups in total. The minimum Gasteiger partial charge on any atom is -0.0835 e. The van der Waals surface area contributed by atoms with Crippen LogP contribution >= 0.6 is 0 Å². The summed E-state index contributed by atoms with van der Waals surface area (Å²) in [5.41, 5.74) is 1.32. The molecule has 0 spiro atoms. The fraction of sp³-hybridized carbons (Fsp3) is 0.333. The van der Waals surface area contributed by atoms with Gasteiger partial charge in [-0.05, 0) is 12.5 Å². The molecule has 0 saturated heterocycles. The van der Waals surface area contributed by atoms with E-state index in [0.29, 0.717) is 0 Å². The van der Waals surface area contributed by atoms with E-state index in [1.807, 2.05) is 0 Å². The molecule has 1 heteroatoms. The summed E-state index contributed by atoms with van der Waals surface area (Å²) in [6.07, 6.45) is 2.31. The van der Waals surface area contributed by atoms with Crippen LogP contribution in [0, 0.1) is 0 Å². The van der Waals surface area contributed by atoms with E-state index in [4.69, 9.17) is 0 Å². The van der Waals surface area contributed by atoms with Crippen molar-refractivity contribution in [1.82, 2.24) is 0 Å². The molecule has 0 aliphatic rings. The Bertz CT molecular complexity index is 291. The van der Waals surface area contributed by atoms with Crippen LogP contribution in [0.2, 0.25) is 19.6 Å². The minimum atomic E-state index is -1.08. The molecule has 0 aliphatic heterocycles. The molecule has 0 unspecified atom stereocenters. The highest BCUT2D eigenvalue weighted by Crippen LogP contribution is 2.16. The van der Waals surface area contributed by atoms with E-state index in [-0.39, 0.29) is 0 Å². The molecule has 1 aromatic carbocycles. The topological polar surface area (TPSA) is 0 Å². The van der Waals surface area contributed by atoms with Crippen molar-refractivity contribution in [2.75, 3.05) is 0 Å². The Labute approximate surface area is 82.3 Å². The second-order valence-corrected chi connectivity index (χ2v) is 9.78. The van der Waals surface area contributed by atoms with E-state index in [9.17, 15) is 0 Å². The first-order valence-corrected chi connectivity index (χ1v) is 8.24. The monoisotopic (exact) mass is 190 g/mol. The lowest BCUT2D eigenvalue weighted by molar-refractivity contribution is 1.54. The Balaban J connectivity index is 2.90. The third kappa shape index (κ3) is 3.19. The first-order chi connectivity index (χ1) is 6.00. The third-order valence-electron chi connectivity index (χ3n) is 2.37. The van der Waals surface area contributed by atoms with Crippen LogP contribution in [0.25, 0.3) is 6.08 Å². The van der Waals surface area contributed by atoms with Gasteiger partial charge in [-0.1, -0.05) is 61.2 Å². The van der Waals surface area contributed by atoms with Gasteiger partial charge in [-0.2, -0.15) is 0 Å². The summed E-state index contributed by atoms with van der Waals surface area (Å²) in [5.74, 6) is 0. The average Bonchev–Trinajstić information content (AvgIpc) is 2.04. The molecule has 1 aromatic rings. The van der Waals surface area contributed by atoms with E-state index in [1.165, 1.54) is 5.56 Å². The van der Waals surface area contributed by atoms with E-state index in [0.717, 1.165) is 0 Å². The van der Waals surface area contributed by atoms with Gasteiger partial charge in [-0.15, -0.1) is 0 Å². The van der Waals surface area contributed by atoms with Gasteiger partial charge in [0.2, 0.25) is 0 Å². The van der Waals surface area contributed by atoms with E-state index in [1.54, 1.807) is 5.20 Å². The summed E-state index contributed by atoms with van der Waals surface area (Å²) >= 11 is 0. The standard InChI is InChI=1S/C12H18Si/c1-11(13(2,3)4)10-12-8-6-5-7-9-12/h5-10H,1-4H3. The summed E-state index contributed by atoms with van der Waals surface area (Å²) in [7, 11) is -1.08. The Morgan fingerprint density at radius 1 is 1.08 bits per heavy atom. The van der Waals surface area contributed by atoms with Crippen molar-refractivity contribution in [3.8, 4) is 0 Å². The largest absolute Gasteiger partial charge is 0.0835 e. The molecule has 0 saturated carbocycles. The van der Waals surface area contributed by atoms with Crippen molar-refractivity contribution in [3.05, 3.63) is 41.1 Å². The van der Waals surface area contributed by atoms with Crippen LogP contribution in [0.5, 0.6) is 0 Å². The predicted octanol–water partition coefficient (Wildman–Crippen LogP) is 3.97. The first kappa shape index (κ1) is 10.3. The summed E-state index contributed by atoms with van der Waals surface area (Å²) in [5, 5.41) is 1.55. The van der Waals surface area contributed by atoms with Gasteiger partial charge >= 0.3 is 0 Å². The molecule has 0 aliphatic carbocycles. The van der Waals surface area contributed by atoms with Crippen LogP contribution in [-0.2, 0) is 0 Å². The SMILES string of the molecule is CC(=Cc1ccccc1)[Si](C)(C)C. The predicted molar refractivity (Wildman–Crippen MR) is 63.4 cm³/mol. The fourth-order valence-corrected chi connectivity index (χ4v) is 1.62. The number of hydrogen-bond donors (Lipinski definition) is 0. The third-order valence-corrected chi connectivity index (χ3v) is 4.88. The Morgan fingerprint density at radius 2 is 1.62 bits per heavy atom. The molecule has 0 fully saturated rings. The lowest BCUT2D eigenvalue weighted by atomic mass is 10.2. The highest BCUT2D eigenvalue weighted by atomic mass is 28.3. The highest BCUT2D eigenvalue weighted by Gasteiger charge is 2.14. The van der Waals surface area contributed by atoms with Gasteiger partial charge < -0.3 is 0 Å². The maximum absolute atomic E-state index is 2.38. The molecule has 0 atom stereocenters. The van der Waals surface area contributed by atoms with Gasteiger partial charge in [0, 0.05) is 0 Å². The lowest BCUT2D eigenvalue weighted by Gasteiger charge is -2.16. The molecule has 70 valence electrons. The molecule has 0 heterocycles. The van der Waals surface area contributed by atoms with Gasteiger partial charge in [0.15, 0.2) is 0 Å². The number of benzene rings is 1. The zero-order chi connectivity index (χ0) is 9.90. The molecule has 0 radical (unpaired) electrons. The summed E-state index contributed by atoms with van der Waals surface area (Å²) in [6, 6.07) is 10.5. The van der Waals surface area contributed by atoms with E-state index < -0.39 is 8.07 Å². The van der Waals surface area contributed by atoms with Gasteiger partial charge in [-0.25, -0.2) is 0 Å². The van der Waals surface area contributed by atoms with Crippen molar-refractivity contribution in [3.63, 3.8) is 0 Å². The second kappa shape index (κ2) is 3.92. The summed E-state index contributed by atoms with van der Waals surface area (Å²) in [6.45, 7) is 9.38. The minimum absolute atomic E-state index is 1.08. The number of allylic oxidation sites excluding steroid dienone is 1. The molecule has 0 aromatic heterocycles. The smallest absolute Gasteiger partial charge is 0.0720 e. The fourth-order valence-electron chi connectivity index (χ4n) is 1.02. The summed E-state index contributed by atoms with van der Waals surface area (Å²) < 4.78 is 0. The van der Waals surface area contributed by atoms with Gasteiger partial charge in [0.25, 0.3) is 0 Å². The molecule has 0 nitrogen and oxygen atoms in total. The molecule has 1 rings (SSSR count). The van der Waals surface area contributed by atoms with Crippen LogP contribution < -0.4 is 0 Å². The van der Waals surface area contributed by atoms with Crippen LogP contribution in [0.1, 0.15) is 12.5 Å². The molecular formula is C12H18Si. The number of hydrogen-bond acceptors (Lipinski definition) is 0.